The van der Waals surface area contributed by atoms with Crippen molar-refractivity contribution in [2.45, 2.75) is 56.1 Å². The van der Waals surface area contributed by atoms with Crippen molar-refractivity contribution < 1.29 is 24.1 Å². The molecule has 2 aliphatic heterocycles. The largest absolute Gasteiger partial charge is 0.384 e. The Bertz CT molecular complexity index is 603. The summed E-state index contributed by atoms with van der Waals surface area (Å²) in [5.41, 5.74) is -0.0565. The van der Waals surface area contributed by atoms with Crippen LogP contribution in [0.5, 0.6) is 0 Å². The van der Waals surface area contributed by atoms with Crippen LogP contribution < -0.4 is 0 Å². The molecule has 25 heavy (non-hydrogen) atoms. The van der Waals surface area contributed by atoms with Gasteiger partial charge in [0, 0.05) is 18.6 Å². The third-order valence-electron chi connectivity index (χ3n) is 5.59. The molecule has 1 aliphatic carbocycles. The van der Waals surface area contributed by atoms with Gasteiger partial charge in [-0.15, -0.1) is 0 Å². The normalized spacial score (nSPS) is 42.6. The minimum Gasteiger partial charge on any atom is -0.384 e. The van der Waals surface area contributed by atoms with Gasteiger partial charge >= 0.3 is 0 Å². The standard InChI is InChI=1S/C20H26O5/c1-22-19-20(21)12-8-3-2-7-11-15(20)17-16(24-19)13-23-18(25-17)14-9-5-4-6-10-14/h2,4-7,9-10,15-19,21H,3,8,11-13H2,1H3/b7-2-/t15-,16+,17-,18+,19-,20+/m0/s1. The lowest BCUT2D eigenvalue weighted by Gasteiger charge is -2.53. The lowest BCUT2D eigenvalue weighted by Crippen LogP contribution is -2.66. The molecule has 4 rings (SSSR count). The van der Waals surface area contributed by atoms with Gasteiger partial charge in [0.2, 0.25) is 0 Å². The summed E-state index contributed by atoms with van der Waals surface area (Å²) >= 11 is 0. The van der Waals surface area contributed by atoms with Gasteiger partial charge in [0.25, 0.3) is 0 Å². The molecule has 0 unspecified atom stereocenters. The van der Waals surface area contributed by atoms with Crippen molar-refractivity contribution in [2.75, 3.05) is 13.7 Å². The molecule has 0 amide bonds. The average Bonchev–Trinajstić information content (AvgIpc) is 2.64. The van der Waals surface area contributed by atoms with Crippen LogP contribution in [0.25, 0.3) is 0 Å². The topological polar surface area (TPSA) is 57.2 Å². The van der Waals surface area contributed by atoms with E-state index >= 15 is 0 Å². The zero-order chi connectivity index (χ0) is 17.3. The van der Waals surface area contributed by atoms with E-state index in [-0.39, 0.29) is 18.1 Å². The van der Waals surface area contributed by atoms with Crippen molar-refractivity contribution in [2.24, 2.45) is 5.92 Å². The fraction of sp³-hybridized carbons (Fsp3) is 0.600. The lowest BCUT2D eigenvalue weighted by atomic mass is 9.72. The molecule has 2 saturated heterocycles. The maximum atomic E-state index is 11.4. The van der Waals surface area contributed by atoms with E-state index in [1.807, 2.05) is 30.3 Å². The molecular formula is C20H26O5. The molecule has 0 spiro atoms. The summed E-state index contributed by atoms with van der Waals surface area (Å²) in [5, 5.41) is 11.4. The van der Waals surface area contributed by atoms with Crippen molar-refractivity contribution >= 4 is 0 Å². The predicted octanol–water partition coefficient (Wildman–Crippen LogP) is 2.95. The zero-order valence-corrected chi connectivity index (χ0v) is 14.5. The van der Waals surface area contributed by atoms with E-state index in [1.165, 1.54) is 0 Å². The summed E-state index contributed by atoms with van der Waals surface area (Å²) in [6, 6.07) is 9.91. The number of aliphatic hydroxyl groups is 1. The highest BCUT2D eigenvalue weighted by Crippen LogP contribution is 2.46. The third-order valence-corrected chi connectivity index (χ3v) is 5.59. The third kappa shape index (κ3) is 3.15. The van der Waals surface area contributed by atoms with Crippen LogP contribution in [-0.4, -0.2) is 42.9 Å². The number of fused-ring (bicyclic) bond motifs is 3. The molecule has 5 nitrogen and oxygen atoms in total. The number of rotatable bonds is 2. The quantitative estimate of drug-likeness (QED) is 0.835. The predicted molar refractivity (Wildman–Crippen MR) is 91.7 cm³/mol. The molecule has 2 heterocycles. The highest BCUT2D eigenvalue weighted by atomic mass is 16.7. The van der Waals surface area contributed by atoms with E-state index in [0.717, 1.165) is 24.8 Å². The lowest BCUT2D eigenvalue weighted by molar-refractivity contribution is -0.376. The molecule has 0 bridgehead atoms. The van der Waals surface area contributed by atoms with Crippen molar-refractivity contribution in [1.29, 1.82) is 0 Å². The van der Waals surface area contributed by atoms with Crippen LogP contribution in [0.3, 0.4) is 0 Å². The van der Waals surface area contributed by atoms with E-state index < -0.39 is 18.2 Å². The number of benzene rings is 1. The molecule has 0 saturated carbocycles. The van der Waals surface area contributed by atoms with Crippen LogP contribution in [0.15, 0.2) is 42.5 Å². The monoisotopic (exact) mass is 346 g/mol. The first kappa shape index (κ1) is 17.2. The van der Waals surface area contributed by atoms with Crippen molar-refractivity contribution in [3.8, 4) is 0 Å². The van der Waals surface area contributed by atoms with Crippen molar-refractivity contribution in [3.05, 3.63) is 48.0 Å². The Morgan fingerprint density at radius 2 is 2.00 bits per heavy atom. The summed E-state index contributed by atoms with van der Waals surface area (Å²) < 4.78 is 23.8. The smallest absolute Gasteiger partial charge is 0.186 e. The Labute approximate surface area is 148 Å². The van der Waals surface area contributed by atoms with Crippen molar-refractivity contribution in [3.63, 3.8) is 0 Å². The molecule has 1 N–H and O–H groups in total. The molecule has 3 aliphatic rings. The summed E-state index contributed by atoms with van der Waals surface area (Å²) in [7, 11) is 1.59. The van der Waals surface area contributed by atoms with E-state index in [2.05, 4.69) is 12.2 Å². The van der Waals surface area contributed by atoms with Gasteiger partial charge in [0.05, 0.1) is 12.7 Å². The van der Waals surface area contributed by atoms with E-state index in [9.17, 15) is 5.11 Å². The fourth-order valence-electron chi connectivity index (χ4n) is 4.30. The molecule has 0 radical (unpaired) electrons. The van der Waals surface area contributed by atoms with Crippen LogP contribution >= 0.6 is 0 Å². The number of methoxy groups -OCH3 is 1. The molecule has 1 aromatic rings. The van der Waals surface area contributed by atoms with Crippen LogP contribution in [0.4, 0.5) is 0 Å². The van der Waals surface area contributed by atoms with Crippen LogP contribution in [0, 0.1) is 5.92 Å². The van der Waals surface area contributed by atoms with Crippen LogP contribution in [-0.2, 0) is 18.9 Å². The second kappa shape index (κ2) is 7.17. The maximum Gasteiger partial charge on any atom is 0.186 e. The Hall–Kier alpha value is -1.24. The Kier molecular flexibility index (Phi) is 4.93. The molecule has 136 valence electrons. The molecule has 2 fully saturated rings. The average molecular weight is 346 g/mol. The van der Waals surface area contributed by atoms with Crippen LogP contribution in [0.2, 0.25) is 0 Å². The minimum absolute atomic E-state index is 0.0807. The van der Waals surface area contributed by atoms with Gasteiger partial charge in [-0.3, -0.25) is 0 Å². The number of hydrogen-bond donors (Lipinski definition) is 1. The van der Waals surface area contributed by atoms with E-state index in [4.69, 9.17) is 18.9 Å². The van der Waals surface area contributed by atoms with Crippen LogP contribution in [0.1, 0.15) is 37.5 Å². The number of allylic oxidation sites excluding steroid dienone is 2. The second-order valence-electron chi connectivity index (χ2n) is 7.12. The first-order valence-electron chi connectivity index (χ1n) is 9.10. The van der Waals surface area contributed by atoms with Gasteiger partial charge in [0.1, 0.15) is 11.7 Å². The van der Waals surface area contributed by atoms with Gasteiger partial charge in [0.15, 0.2) is 12.6 Å². The van der Waals surface area contributed by atoms with E-state index in [0.29, 0.717) is 13.0 Å². The van der Waals surface area contributed by atoms with Crippen molar-refractivity contribution in [1.82, 2.24) is 0 Å². The van der Waals surface area contributed by atoms with Gasteiger partial charge in [-0.05, 0) is 25.7 Å². The summed E-state index contributed by atoms with van der Waals surface area (Å²) in [5.74, 6) is -0.0807. The van der Waals surface area contributed by atoms with Gasteiger partial charge in [-0.25, -0.2) is 0 Å². The molecule has 6 atom stereocenters. The highest BCUT2D eigenvalue weighted by molar-refractivity contribution is 5.17. The van der Waals surface area contributed by atoms with E-state index in [1.54, 1.807) is 7.11 Å². The Balaban J connectivity index is 1.62. The Morgan fingerprint density at radius 3 is 2.80 bits per heavy atom. The second-order valence-corrected chi connectivity index (χ2v) is 7.12. The van der Waals surface area contributed by atoms with Gasteiger partial charge in [-0.2, -0.15) is 0 Å². The highest BCUT2D eigenvalue weighted by Gasteiger charge is 2.57. The Morgan fingerprint density at radius 1 is 1.16 bits per heavy atom. The summed E-state index contributed by atoms with van der Waals surface area (Å²) in [4.78, 5) is 0. The number of ether oxygens (including phenoxy) is 4. The van der Waals surface area contributed by atoms with Gasteiger partial charge < -0.3 is 24.1 Å². The molecule has 0 aromatic heterocycles. The minimum atomic E-state index is -1.04. The van der Waals surface area contributed by atoms with Gasteiger partial charge in [-0.1, -0.05) is 42.5 Å². The number of hydrogen-bond acceptors (Lipinski definition) is 5. The fourth-order valence-corrected chi connectivity index (χ4v) is 4.30. The SMILES string of the molecule is CO[C@H]1O[C@@H]2CO[C@@H](c3ccccc3)O[C@H]2[C@@H]2C/C=C\CCC[C@]12O. The zero-order valence-electron chi connectivity index (χ0n) is 14.5. The summed E-state index contributed by atoms with van der Waals surface area (Å²) in [6.07, 6.45) is 6.08. The molecule has 5 heteroatoms. The maximum absolute atomic E-state index is 11.4. The molecule has 1 aromatic carbocycles. The first-order chi connectivity index (χ1) is 12.2. The molecular weight excluding hydrogens is 320 g/mol. The summed E-state index contributed by atoms with van der Waals surface area (Å²) in [6.45, 7) is 0.431. The first-order valence-corrected chi connectivity index (χ1v) is 9.10.